The van der Waals surface area contributed by atoms with Gasteiger partial charge in [0.05, 0.1) is 17.7 Å². The van der Waals surface area contributed by atoms with Crippen LogP contribution in [0, 0.1) is 17.7 Å². The summed E-state index contributed by atoms with van der Waals surface area (Å²) in [6, 6.07) is 4.91. The van der Waals surface area contributed by atoms with Crippen LogP contribution >= 0.6 is 11.6 Å². The molecule has 0 aromatic heterocycles. The van der Waals surface area contributed by atoms with Crippen molar-refractivity contribution in [2.75, 3.05) is 39.8 Å². The third-order valence-corrected chi connectivity index (χ3v) is 7.87. The number of hydrogen-bond donors (Lipinski definition) is 3. The van der Waals surface area contributed by atoms with Crippen LogP contribution < -0.4 is 16.0 Å². The highest BCUT2D eigenvalue weighted by atomic mass is 35.5. The number of carbonyl (C=O) groups excluding carboxylic acids is 2. The summed E-state index contributed by atoms with van der Waals surface area (Å²) in [7, 11) is 1.92. The molecule has 3 atom stereocenters. The number of nitrogens with one attached hydrogen (secondary N) is 3. The topological polar surface area (TPSA) is 82.7 Å². The highest BCUT2D eigenvalue weighted by molar-refractivity contribution is 6.30. The van der Waals surface area contributed by atoms with Crippen LogP contribution in [0.3, 0.4) is 0 Å². The van der Waals surface area contributed by atoms with E-state index in [4.69, 9.17) is 16.3 Å². The molecule has 1 aliphatic heterocycles. The Morgan fingerprint density at radius 2 is 1.97 bits per heavy atom. The van der Waals surface area contributed by atoms with Gasteiger partial charge in [-0.25, -0.2) is 9.18 Å². The van der Waals surface area contributed by atoms with Gasteiger partial charge in [0, 0.05) is 50.1 Å². The molecule has 9 heteroatoms. The van der Waals surface area contributed by atoms with E-state index in [0.717, 1.165) is 25.8 Å². The van der Waals surface area contributed by atoms with E-state index in [1.165, 1.54) is 38.2 Å². The van der Waals surface area contributed by atoms with Gasteiger partial charge in [-0.3, -0.25) is 4.79 Å². The number of hydrogen-bond acceptors (Lipinski definition) is 4. The molecule has 1 unspecified atom stereocenters. The van der Waals surface area contributed by atoms with Gasteiger partial charge in [-0.2, -0.15) is 0 Å². The predicted octanol–water partition coefficient (Wildman–Crippen LogP) is 5.04. The first-order valence-electron chi connectivity index (χ1n) is 13.9. The second-order valence-electron chi connectivity index (χ2n) is 10.4. The minimum atomic E-state index is -0.598. The second kappa shape index (κ2) is 15.5. The van der Waals surface area contributed by atoms with Gasteiger partial charge in [0.2, 0.25) is 5.91 Å². The highest BCUT2D eigenvalue weighted by Gasteiger charge is 2.34. The summed E-state index contributed by atoms with van der Waals surface area (Å²) >= 11 is 6.09. The van der Waals surface area contributed by atoms with Gasteiger partial charge < -0.3 is 25.6 Å². The summed E-state index contributed by atoms with van der Waals surface area (Å²) in [5.74, 6) is -0.0564. The van der Waals surface area contributed by atoms with E-state index in [1.54, 1.807) is 12.1 Å². The first-order chi connectivity index (χ1) is 17.9. The molecule has 7 nitrogen and oxygen atoms in total. The minimum Gasteiger partial charge on any atom is -0.373 e. The molecular weight excluding hydrogens is 495 g/mol. The molecule has 3 rings (SSSR count). The van der Waals surface area contributed by atoms with E-state index < -0.39 is 11.9 Å². The molecular formula is C28H44ClFN4O3. The Balaban J connectivity index is 1.67. The largest absolute Gasteiger partial charge is 0.373 e. The van der Waals surface area contributed by atoms with Crippen LogP contribution in [-0.4, -0.2) is 62.7 Å². The van der Waals surface area contributed by atoms with Crippen molar-refractivity contribution in [1.29, 1.82) is 0 Å². The zero-order valence-electron chi connectivity index (χ0n) is 22.4. The summed E-state index contributed by atoms with van der Waals surface area (Å²) in [6.07, 6.45) is 8.53. The van der Waals surface area contributed by atoms with Crippen molar-refractivity contribution in [2.45, 2.75) is 76.9 Å². The fraction of sp³-hybridized carbons (Fsp3) is 0.714. The van der Waals surface area contributed by atoms with E-state index in [9.17, 15) is 9.59 Å². The number of likely N-dealkylation sites (N-methyl/N-ethyl adjacent to an activating group) is 1. The van der Waals surface area contributed by atoms with E-state index in [0.29, 0.717) is 31.1 Å². The molecule has 0 spiro atoms. The molecule has 3 amide bonds. The molecule has 1 saturated carbocycles. The van der Waals surface area contributed by atoms with Crippen molar-refractivity contribution in [3.8, 4) is 0 Å². The molecule has 37 heavy (non-hydrogen) atoms. The Hall–Kier alpha value is -1.90. The summed E-state index contributed by atoms with van der Waals surface area (Å²) in [4.78, 5) is 27.1. The van der Waals surface area contributed by atoms with Crippen LogP contribution in [0.15, 0.2) is 18.2 Å². The lowest BCUT2D eigenvalue weighted by atomic mass is 9.85. The van der Waals surface area contributed by atoms with Crippen LogP contribution in [0.5, 0.6) is 0 Å². The van der Waals surface area contributed by atoms with Crippen LogP contribution in [0.4, 0.5) is 9.18 Å². The van der Waals surface area contributed by atoms with Gasteiger partial charge in [-0.05, 0) is 45.2 Å². The second-order valence-corrected chi connectivity index (χ2v) is 10.8. The Morgan fingerprint density at radius 3 is 2.70 bits per heavy atom. The molecule has 1 heterocycles. The number of urea groups is 1. The quantitative estimate of drug-likeness (QED) is 0.348. The minimum absolute atomic E-state index is 0.0397. The third-order valence-electron chi connectivity index (χ3n) is 7.58. The van der Waals surface area contributed by atoms with E-state index >= 15 is 4.39 Å². The maximum atomic E-state index is 15.1. The summed E-state index contributed by atoms with van der Waals surface area (Å²) in [6.45, 7) is 4.42. The molecule has 1 saturated heterocycles. The lowest BCUT2D eigenvalue weighted by Crippen LogP contribution is -2.52. The maximum absolute atomic E-state index is 15.1. The van der Waals surface area contributed by atoms with Crippen LogP contribution in [0.1, 0.15) is 76.4 Å². The van der Waals surface area contributed by atoms with E-state index in [2.05, 4.69) is 16.0 Å². The first-order valence-corrected chi connectivity index (χ1v) is 14.3. The van der Waals surface area contributed by atoms with E-state index in [-0.39, 0.29) is 41.9 Å². The van der Waals surface area contributed by atoms with Gasteiger partial charge in [0.25, 0.3) is 0 Å². The van der Waals surface area contributed by atoms with Crippen molar-refractivity contribution in [1.82, 2.24) is 20.9 Å². The van der Waals surface area contributed by atoms with Gasteiger partial charge in [0.15, 0.2) is 0 Å². The van der Waals surface area contributed by atoms with Crippen molar-refractivity contribution in [2.24, 2.45) is 11.8 Å². The molecule has 2 aliphatic rings. The molecule has 1 aromatic rings. The number of halogens is 2. The zero-order valence-corrected chi connectivity index (χ0v) is 23.1. The smallest absolute Gasteiger partial charge is 0.317 e. The molecule has 208 valence electrons. The standard InChI is InChI=1S/C28H44ClFN4O3/c1-3-32-25(35)14-16-37-27(23-12-7-13-24(29)26(23)30)21-11-8-15-34(19-21)28(36)33-22(18-31-2)17-20-9-5-4-6-10-20/h7,12-13,20-22,27,31H,3-6,8-11,14-19H2,1-2H3,(H,32,35)(H,33,36)/t21-,22+,27?/m1/s1. The van der Waals surface area contributed by atoms with Crippen molar-refractivity contribution in [3.05, 3.63) is 34.6 Å². The molecule has 3 N–H and O–H groups in total. The average Bonchev–Trinajstić information content (AvgIpc) is 2.89. The normalized spacial score (nSPS) is 20.3. The monoisotopic (exact) mass is 538 g/mol. The number of ether oxygens (including phenoxy) is 1. The Kier molecular flexibility index (Phi) is 12.4. The summed E-state index contributed by atoms with van der Waals surface area (Å²) < 4.78 is 21.2. The van der Waals surface area contributed by atoms with Crippen LogP contribution in [0.25, 0.3) is 0 Å². The highest BCUT2D eigenvalue weighted by Crippen LogP contribution is 2.36. The van der Waals surface area contributed by atoms with Gasteiger partial charge in [-0.1, -0.05) is 55.8 Å². The molecule has 0 bridgehead atoms. The van der Waals surface area contributed by atoms with Gasteiger partial charge in [0.1, 0.15) is 5.82 Å². The molecule has 2 fully saturated rings. The van der Waals surface area contributed by atoms with Crippen molar-refractivity contribution >= 4 is 23.5 Å². The Labute approximate surface area is 226 Å². The lowest BCUT2D eigenvalue weighted by Gasteiger charge is -2.38. The molecule has 0 radical (unpaired) electrons. The first kappa shape index (κ1) is 29.7. The summed E-state index contributed by atoms with van der Waals surface area (Å²) in [5.41, 5.74) is 0.376. The number of nitrogens with zero attached hydrogens (tertiary/aromatic N) is 1. The number of likely N-dealkylation sites (tertiary alicyclic amines) is 1. The van der Waals surface area contributed by atoms with Crippen molar-refractivity contribution < 1.29 is 18.7 Å². The lowest BCUT2D eigenvalue weighted by molar-refractivity contribution is -0.123. The SMILES string of the molecule is CCNC(=O)CCOC(c1cccc(Cl)c1F)[C@@H]1CCCN(C(=O)N[C@H](CNC)CC2CCCCC2)C1. The Morgan fingerprint density at radius 1 is 1.19 bits per heavy atom. The fourth-order valence-corrected chi connectivity index (χ4v) is 5.94. The zero-order chi connectivity index (χ0) is 26.6. The van der Waals surface area contributed by atoms with Crippen molar-refractivity contribution in [3.63, 3.8) is 0 Å². The number of carbonyl (C=O) groups is 2. The maximum Gasteiger partial charge on any atom is 0.317 e. The number of benzene rings is 1. The van der Waals surface area contributed by atoms with Gasteiger partial charge >= 0.3 is 6.03 Å². The van der Waals surface area contributed by atoms with Gasteiger partial charge in [-0.15, -0.1) is 0 Å². The Bertz CT molecular complexity index is 868. The number of amides is 3. The predicted molar refractivity (Wildman–Crippen MR) is 145 cm³/mol. The third kappa shape index (κ3) is 9.11. The average molecular weight is 539 g/mol. The number of piperidine rings is 1. The van der Waals surface area contributed by atoms with Crippen LogP contribution in [0.2, 0.25) is 5.02 Å². The van der Waals surface area contributed by atoms with Crippen LogP contribution in [-0.2, 0) is 9.53 Å². The molecule has 1 aliphatic carbocycles. The molecule has 1 aromatic carbocycles. The van der Waals surface area contributed by atoms with E-state index in [1.807, 2.05) is 18.9 Å². The number of rotatable bonds is 12. The fourth-order valence-electron chi connectivity index (χ4n) is 5.76. The summed E-state index contributed by atoms with van der Waals surface area (Å²) in [5, 5.41) is 9.29.